The molecule has 0 bridgehead atoms. The number of nitrogens with one attached hydrogen (secondary N) is 1. The van der Waals surface area contributed by atoms with Gasteiger partial charge in [-0.2, -0.15) is 0 Å². The lowest BCUT2D eigenvalue weighted by Gasteiger charge is -2.32. The summed E-state index contributed by atoms with van der Waals surface area (Å²) in [6, 6.07) is 0.714. The molecule has 3 heteroatoms. The molecule has 0 aromatic heterocycles. The summed E-state index contributed by atoms with van der Waals surface area (Å²) in [7, 11) is 4.15. The van der Waals surface area contributed by atoms with Crippen molar-refractivity contribution in [2.75, 3.05) is 40.4 Å². The van der Waals surface area contributed by atoms with Crippen molar-refractivity contribution in [2.45, 2.75) is 39.2 Å². The number of ether oxygens (including phenoxy) is 1. The third kappa shape index (κ3) is 7.02. The van der Waals surface area contributed by atoms with E-state index in [0.717, 1.165) is 38.1 Å². The fraction of sp³-hybridized carbons (Fsp3) is 1.00. The Kier molecular flexibility index (Phi) is 7.09. The van der Waals surface area contributed by atoms with Crippen molar-refractivity contribution in [2.24, 2.45) is 11.8 Å². The van der Waals surface area contributed by atoms with E-state index in [-0.39, 0.29) is 0 Å². The highest BCUT2D eigenvalue weighted by molar-refractivity contribution is 4.79. The molecule has 1 aliphatic carbocycles. The Hall–Kier alpha value is -0.120. The van der Waals surface area contributed by atoms with E-state index in [1.54, 1.807) is 0 Å². The molecule has 0 spiro atoms. The Bertz CT molecular complexity index is 187. The lowest BCUT2D eigenvalue weighted by molar-refractivity contribution is 0.114. The number of hydrogen-bond donors (Lipinski definition) is 1. The minimum atomic E-state index is 0.714. The van der Waals surface area contributed by atoms with Crippen LogP contribution in [0.2, 0.25) is 0 Å². The molecule has 17 heavy (non-hydrogen) atoms. The highest BCUT2D eigenvalue weighted by atomic mass is 16.5. The molecular weight excluding hydrogens is 212 g/mol. The molecule has 0 amide bonds. The highest BCUT2D eigenvalue weighted by Gasteiger charge is 2.22. The lowest BCUT2D eigenvalue weighted by atomic mass is 9.80. The van der Waals surface area contributed by atoms with Crippen molar-refractivity contribution >= 4 is 0 Å². The normalized spacial score (nSPS) is 29.8. The van der Waals surface area contributed by atoms with Crippen LogP contribution in [0.25, 0.3) is 0 Å². The predicted octanol–water partition coefficient (Wildman–Crippen LogP) is 1.98. The second-order valence-electron chi connectivity index (χ2n) is 5.98. The first kappa shape index (κ1) is 14.9. The Morgan fingerprint density at radius 2 is 1.71 bits per heavy atom. The maximum absolute atomic E-state index is 5.59. The molecule has 0 radical (unpaired) electrons. The summed E-state index contributed by atoms with van der Waals surface area (Å²) in [5.41, 5.74) is 0. The van der Waals surface area contributed by atoms with Gasteiger partial charge in [0.25, 0.3) is 0 Å². The lowest BCUT2D eigenvalue weighted by Crippen LogP contribution is -2.38. The van der Waals surface area contributed by atoms with Gasteiger partial charge in [0.05, 0.1) is 13.2 Å². The third-order valence-electron chi connectivity index (χ3n) is 3.54. The van der Waals surface area contributed by atoms with E-state index in [2.05, 4.69) is 38.2 Å². The van der Waals surface area contributed by atoms with Crippen LogP contribution in [-0.4, -0.2) is 51.3 Å². The molecule has 102 valence electrons. The molecule has 0 aliphatic heterocycles. The van der Waals surface area contributed by atoms with Crippen molar-refractivity contribution in [3.8, 4) is 0 Å². The summed E-state index contributed by atoms with van der Waals surface area (Å²) in [5.74, 6) is 1.76. The SMILES string of the molecule is CC1CC(C)CC(NCCOCCN(C)C)C1. The molecule has 1 fully saturated rings. The molecule has 1 N–H and O–H groups in total. The molecule has 0 aromatic rings. The maximum atomic E-state index is 5.59. The Balaban J connectivity index is 1.98. The average Bonchev–Trinajstić information content (AvgIpc) is 2.21. The van der Waals surface area contributed by atoms with Gasteiger partial charge in [-0.1, -0.05) is 13.8 Å². The van der Waals surface area contributed by atoms with Crippen molar-refractivity contribution in [3.63, 3.8) is 0 Å². The van der Waals surface area contributed by atoms with Crippen LogP contribution in [0.3, 0.4) is 0 Å². The largest absolute Gasteiger partial charge is 0.379 e. The molecular formula is C14H30N2O. The van der Waals surface area contributed by atoms with Crippen molar-refractivity contribution in [3.05, 3.63) is 0 Å². The quantitative estimate of drug-likeness (QED) is 0.691. The van der Waals surface area contributed by atoms with E-state index < -0.39 is 0 Å². The maximum Gasteiger partial charge on any atom is 0.0593 e. The Labute approximate surface area is 107 Å². The molecule has 0 saturated heterocycles. The molecule has 1 aliphatic rings. The summed E-state index contributed by atoms with van der Waals surface area (Å²) in [6.07, 6.45) is 4.07. The van der Waals surface area contributed by atoms with Crippen molar-refractivity contribution in [1.82, 2.24) is 10.2 Å². The van der Waals surface area contributed by atoms with Gasteiger partial charge in [0.2, 0.25) is 0 Å². The standard InChI is InChI=1S/C14H30N2O/c1-12-9-13(2)11-14(10-12)15-5-7-17-8-6-16(3)4/h12-15H,5-11H2,1-4H3. The van der Waals surface area contributed by atoms with E-state index in [9.17, 15) is 0 Å². The van der Waals surface area contributed by atoms with Gasteiger partial charge < -0.3 is 15.0 Å². The minimum absolute atomic E-state index is 0.714. The Morgan fingerprint density at radius 1 is 1.06 bits per heavy atom. The smallest absolute Gasteiger partial charge is 0.0593 e. The van der Waals surface area contributed by atoms with Gasteiger partial charge in [0.15, 0.2) is 0 Å². The predicted molar refractivity (Wildman–Crippen MR) is 73.3 cm³/mol. The van der Waals surface area contributed by atoms with Crippen LogP contribution in [0, 0.1) is 11.8 Å². The van der Waals surface area contributed by atoms with Crippen LogP contribution in [-0.2, 0) is 4.74 Å². The van der Waals surface area contributed by atoms with E-state index >= 15 is 0 Å². The van der Waals surface area contributed by atoms with Crippen LogP contribution in [0.15, 0.2) is 0 Å². The second kappa shape index (κ2) is 8.06. The van der Waals surface area contributed by atoms with Crippen molar-refractivity contribution < 1.29 is 4.74 Å². The van der Waals surface area contributed by atoms with Gasteiger partial charge in [-0.25, -0.2) is 0 Å². The summed E-state index contributed by atoms with van der Waals surface area (Å²) >= 11 is 0. The van der Waals surface area contributed by atoms with Gasteiger partial charge in [-0.15, -0.1) is 0 Å². The zero-order valence-electron chi connectivity index (χ0n) is 12.0. The molecule has 2 atom stereocenters. The number of rotatable bonds is 7. The van der Waals surface area contributed by atoms with Crippen molar-refractivity contribution in [1.29, 1.82) is 0 Å². The fourth-order valence-corrected chi connectivity index (χ4v) is 2.80. The molecule has 0 heterocycles. The number of nitrogens with zero attached hydrogens (tertiary/aromatic N) is 1. The zero-order chi connectivity index (χ0) is 12.7. The zero-order valence-corrected chi connectivity index (χ0v) is 12.0. The van der Waals surface area contributed by atoms with Gasteiger partial charge in [0, 0.05) is 19.1 Å². The van der Waals surface area contributed by atoms with Crippen LogP contribution < -0.4 is 5.32 Å². The van der Waals surface area contributed by atoms with Gasteiger partial charge in [-0.05, 0) is 45.2 Å². The summed E-state index contributed by atoms with van der Waals surface area (Å²) < 4.78 is 5.59. The summed E-state index contributed by atoms with van der Waals surface area (Å²) in [5, 5.41) is 3.63. The van der Waals surface area contributed by atoms with E-state index in [1.165, 1.54) is 19.3 Å². The Morgan fingerprint density at radius 3 is 2.29 bits per heavy atom. The fourth-order valence-electron chi connectivity index (χ4n) is 2.80. The van der Waals surface area contributed by atoms with Crippen LogP contribution in [0.5, 0.6) is 0 Å². The molecule has 1 saturated carbocycles. The minimum Gasteiger partial charge on any atom is -0.379 e. The monoisotopic (exact) mass is 242 g/mol. The second-order valence-corrected chi connectivity index (χ2v) is 5.98. The average molecular weight is 242 g/mol. The van der Waals surface area contributed by atoms with Gasteiger partial charge in [-0.3, -0.25) is 0 Å². The van der Waals surface area contributed by atoms with Crippen LogP contribution in [0.1, 0.15) is 33.1 Å². The van der Waals surface area contributed by atoms with E-state index in [1.807, 2.05) is 0 Å². The number of hydrogen-bond acceptors (Lipinski definition) is 3. The summed E-state index contributed by atoms with van der Waals surface area (Å²) in [4.78, 5) is 2.15. The molecule has 0 aromatic carbocycles. The topological polar surface area (TPSA) is 24.5 Å². The summed E-state index contributed by atoms with van der Waals surface area (Å²) in [6.45, 7) is 8.43. The first-order valence-corrected chi connectivity index (χ1v) is 7.03. The number of likely N-dealkylation sites (N-methyl/N-ethyl adjacent to an activating group) is 1. The first-order valence-electron chi connectivity index (χ1n) is 7.03. The van der Waals surface area contributed by atoms with Gasteiger partial charge in [0.1, 0.15) is 0 Å². The highest BCUT2D eigenvalue weighted by Crippen LogP contribution is 2.28. The molecule has 3 nitrogen and oxygen atoms in total. The molecule has 1 rings (SSSR count). The van der Waals surface area contributed by atoms with E-state index in [4.69, 9.17) is 4.74 Å². The molecule has 2 unspecified atom stereocenters. The van der Waals surface area contributed by atoms with Crippen LogP contribution in [0.4, 0.5) is 0 Å². The first-order chi connectivity index (χ1) is 8.08. The van der Waals surface area contributed by atoms with Gasteiger partial charge >= 0.3 is 0 Å². The van der Waals surface area contributed by atoms with Crippen LogP contribution >= 0.6 is 0 Å². The van der Waals surface area contributed by atoms with E-state index in [0.29, 0.717) is 6.04 Å². The third-order valence-corrected chi connectivity index (χ3v) is 3.54.